The van der Waals surface area contributed by atoms with E-state index in [1.165, 1.54) is 6.20 Å². The van der Waals surface area contributed by atoms with Crippen LogP contribution in [0.1, 0.15) is 1.37 Å². The molecule has 0 aliphatic rings. The highest BCUT2D eigenvalue weighted by molar-refractivity contribution is 6.29. The molecule has 1 heterocycles. The van der Waals surface area contributed by atoms with Crippen molar-refractivity contribution in [2.75, 3.05) is 7.09 Å². The highest BCUT2D eigenvalue weighted by Crippen LogP contribution is 2.10. The highest BCUT2D eigenvalue weighted by atomic mass is 35.5. The molecule has 0 aromatic carbocycles. The molecule has 3 heteroatoms. The quantitative estimate of drug-likeness (QED) is 0.561. The molecule has 0 atom stereocenters. The second-order valence-electron chi connectivity index (χ2n) is 1.46. The Balaban J connectivity index is 2.69. The van der Waals surface area contributed by atoms with Gasteiger partial charge in [0, 0.05) is 0 Å². The van der Waals surface area contributed by atoms with E-state index in [-0.39, 0.29) is 7.09 Å². The molecule has 0 aliphatic carbocycles. The molecule has 48 valence electrons. The van der Waals surface area contributed by atoms with E-state index >= 15 is 0 Å². The predicted molar refractivity (Wildman–Crippen MR) is 35.8 cm³/mol. The van der Waals surface area contributed by atoms with Crippen LogP contribution in [0.25, 0.3) is 0 Å². The van der Waals surface area contributed by atoms with Crippen molar-refractivity contribution in [2.45, 2.75) is 0 Å². The summed E-state index contributed by atoms with van der Waals surface area (Å²) in [7, 11) is -0.0939. The summed E-state index contributed by atoms with van der Waals surface area (Å²) in [6.45, 7) is 0. The van der Waals surface area contributed by atoms with Gasteiger partial charge in [0.15, 0.2) is 0 Å². The van der Waals surface area contributed by atoms with Gasteiger partial charge in [-0.3, -0.25) is 0 Å². The molecule has 0 aliphatic heterocycles. The van der Waals surface area contributed by atoms with Crippen LogP contribution >= 0.6 is 11.6 Å². The number of hydrogen-bond acceptors (Lipinski definition) is 2. The topological polar surface area (TPSA) is 22.1 Å². The van der Waals surface area contributed by atoms with E-state index in [9.17, 15) is 0 Å². The van der Waals surface area contributed by atoms with E-state index in [4.69, 9.17) is 17.7 Å². The lowest BCUT2D eigenvalue weighted by Gasteiger charge is -1.95. The van der Waals surface area contributed by atoms with E-state index in [1.807, 2.05) is 0 Å². The molecule has 0 saturated carbocycles. The van der Waals surface area contributed by atoms with Crippen molar-refractivity contribution in [1.29, 1.82) is 0 Å². The molecule has 1 rings (SSSR count). The Morgan fingerprint density at radius 2 is 2.67 bits per heavy atom. The van der Waals surface area contributed by atoms with Crippen LogP contribution in [0.15, 0.2) is 18.3 Å². The van der Waals surface area contributed by atoms with Crippen molar-refractivity contribution in [2.24, 2.45) is 0 Å². The highest BCUT2D eigenvalue weighted by Gasteiger charge is 1.88. The van der Waals surface area contributed by atoms with Crippen LogP contribution in [0.4, 0.5) is 0 Å². The van der Waals surface area contributed by atoms with E-state index in [0.717, 1.165) is 0 Å². The van der Waals surface area contributed by atoms with Gasteiger partial charge in [-0.2, -0.15) is 0 Å². The molecule has 1 aromatic rings. The maximum absolute atomic E-state index is 6.71. The largest absolute Gasteiger partial charge is 0.495 e. The van der Waals surface area contributed by atoms with Gasteiger partial charge in [-0.05, 0) is 12.1 Å². The number of halogens is 1. The molecule has 0 radical (unpaired) electrons. The van der Waals surface area contributed by atoms with Crippen LogP contribution in [-0.4, -0.2) is 12.1 Å². The van der Waals surface area contributed by atoms with E-state index in [1.54, 1.807) is 12.1 Å². The molecule has 0 unspecified atom stereocenters. The van der Waals surface area contributed by atoms with E-state index in [0.29, 0.717) is 10.9 Å². The zero-order valence-electron chi connectivity index (χ0n) is 5.67. The Labute approximate surface area is 59.8 Å². The third kappa shape index (κ3) is 1.57. The van der Waals surface area contributed by atoms with E-state index in [2.05, 4.69) is 4.98 Å². The minimum absolute atomic E-state index is 0.0939. The smallest absolute Gasteiger partial charge is 0.137 e. The predicted octanol–water partition coefficient (Wildman–Crippen LogP) is 1.74. The third-order valence-electron chi connectivity index (χ3n) is 0.867. The zero-order chi connectivity index (χ0) is 7.40. The lowest BCUT2D eigenvalue weighted by atomic mass is 10.5. The first-order chi connectivity index (χ1) is 4.83. The first kappa shape index (κ1) is 5.06. The zero-order valence-corrected chi connectivity index (χ0v) is 5.43. The van der Waals surface area contributed by atoms with Crippen molar-refractivity contribution in [3.8, 4) is 5.75 Å². The number of hydrogen-bond donors (Lipinski definition) is 0. The van der Waals surface area contributed by atoms with Crippen molar-refractivity contribution in [3.63, 3.8) is 0 Å². The van der Waals surface area contributed by atoms with Gasteiger partial charge in [-0.15, -0.1) is 0 Å². The maximum atomic E-state index is 6.71. The summed E-state index contributed by atoms with van der Waals surface area (Å²) < 4.78 is 11.5. The summed E-state index contributed by atoms with van der Waals surface area (Å²) in [4.78, 5) is 3.75. The monoisotopic (exact) mass is 144 g/mol. The summed E-state index contributed by atoms with van der Waals surface area (Å²) in [5.41, 5.74) is 0. The number of rotatable bonds is 1. The molecule has 0 spiro atoms. The summed E-state index contributed by atoms with van der Waals surface area (Å²) >= 11 is 5.50. The summed E-state index contributed by atoms with van der Waals surface area (Å²) in [6.07, 6.45) is 1.48. The van der Waals surface area contributed by atoms with Gasteiger partial charge >= 0.3 is 0 Å². The molecule has 1 aromatic heterocycles. The van der Waals surface area contributed by atoms with Crippen molar-refractivity contribution < 1.29 is 6.11 Å². The number of nitrogens with zero attached hydrogens (tertiary/aromatic N) is 1. The molecule has 0 fully saturated rings. The van der Waals surface area contributed by atoms with Gasteiger partial charge in [-0.25, -0.2) is 4.98 Å². The average Bonchev–Trinajstić information content (AvgIpc) is 1.95. The Kier molecular flexibility index (Phi) is 1.51. The number of methoxy groups -OCH3 is 1. The van der Waals surface area contributed by atoms with Gasteiger partial charge in [0.05, 0.1) is 14.7 Å². The normalized spacial score (nSPS) is 10.6. The van der Waals surface area contributed by atoms with Gasteiger partial charge in [-0.1, -0.05) is 11.6 Å². The molecule has 9 heavy (non-hydrogen) atoms. The standard InChI is InChI=1S/C6H6ClNO/c1-9-5-2-3-6(7)8-4-5/h2-4H,1H3/i1D. The SMILES string of the molecule is [2H]COc1ccc(Cl)nc1. The Bertz CT molecular complexity index is 201. The van der Waals surface area contributed by atoms with Crippen LogP contribution in [0.3, 0.4) is 0 Å². The van der Waals surface area contributed by atoms with Crippen molar-refractivity contribution in [1.82, 2.24) is 4.98 Å². The van der Waals surface area contributed by atoms with Crippen molar-refractivity contribution >= 4 is 11.6 Å². The average molecular weight is 145 g/mol. The molecule has 0 N–H and O–H groups in total. The molecule has 0 amide bonds. The first-order valence-corrected chi connectivity index (χ1v) is 2.74. The Morgan fingerprint density at radius 3 is 3.22 bits per heavy atom. The number of pyridine rings is 1. The fraction of sp³-hybridized carbons (Fsp3) is 0.167. The fourth-order valence-electron chi connectivity index (χ4n) is 0.448. The van der Waals surface area contributed by atoms with Crippen LogP contribution < -0.4 is 4.74 Å². The second kappa shape index (κ2) is 2.69. The molecular formula is C6H6ClNO. The molecular weight excluding hydrogens is 138 g/mol. The Hall–Kier alpha value is -0.760. The molecule has 0 saturated heterocycles. The van der Waals surface area contributed by atoms with Gasteiger partial charge in [0.1, 0.15) is 10.9 Å². The lowest BCUT2D eigenvalue weighted by molar-refractivity contribution is 0.413. The third-order valence-corrected chi connectivity index (χ3v) is 1.09. The van der Waals surface area contributed by atoms with Crippen LogP contribution in [0, 0.1) is 0 Å². The fourth-order valence-corrected chi connectivity index (χ4v) is 0.559. The minimum Gasteiger partial charge on any atom is -0.495 e. The summed E-state index contributed by atoms with van der Waals surface area (Å²) in [5, 5.41) is 0.428. The molecule has 2 nitrogen and oxygen atoms in total. The van der Waals surface area contributed by atoms with Gasteiger partial charge < -0.3 is 4.74 Å². The maximum Gasteiger partial charge on any atom is 0.137 e. The van der Waals surface area contributed by atoms with E-state index < -0.39 is 0 Å². The van der Waals surface area contributed by atoms with Gasteiger partial charge in [0.25, 0.3) is 0 Å². The summed E-state index contributed by atoms with van der Waals surface area (Å²) in [6, 6.07) is 3.29. The first-order valence-electron chi connectivity index (χ1n) is 3.07. The van der Waals surface area contributed by atoms with Crippen LogP contribution in [-0.2, 0) is 0 Å². The minimum atomic E-state index is -0.0939. The Morgan fingerprint density at radius 1 is 1.78 bits per heavy atom. The van der Waals surface area contributed by atoms with Crippen LogP contribution in [0.2, 0.25) is 5.15 Å². The van der Waals surface area contributed by atoms with Crippen LogP contribution in [0.5, 0.6) is 5.75 Å². The van der Waals surface area contributed by atoms with Gasteiger partial charge in [0.2, 0.25) is 0 Å². The number of aromatic nitrogens is 1. The van der Waals surface area contributed by atoms with Crippen molar-refractivity contribution in [3.05, 3.63) is 23.5 Å². The number of ether oxygens (including phenoxy) is 1. The summed E-state index contributed by atoms with van der Waals surface area (Å²) in [5.74, 6) is 0.569. The lowest BCUT2D eigenvalue weighted by Crippen LogP contribution is -1.82. The molecule has 0 bridgehead atoms. The second-order valence-corrected chi connectivity index (χ2v) is 1.85.